The molecule has 4 nitrogen and oxygen atoms in total. The van der Waals surface area contributed by atoms with Gasteiger partial charge in [0.25, 0.3) is 5.91 Å². The van der Waals surface area contributed by atoms with Crippen molar-refractivity contribution in [2.24, 2.45) is 5.73 Å². The third kappa shape index (κ3) is 2.70. The van der Waals surface area contributed by atoms with Crippen molar-refractivity contribution >= 4 is 34.6 Å². The Morgan fingerprint density at radius 2 is 1.95 bits per heavy atom. The van der Waals surface area contributed by atoms with E-state index >= 15 is 0 Å². The molecule has 0 aliphatic rings. The molecule has 4 N–H and O–H groups in total. The highest BCUT2D eigenvalue weighted by atomic mass is 35.5. The zero-order chi connectivity index (χ0) is 14.9. The fourth-order valence-electron chi connectivity index (χ4n) is 2.11. The number of rotatable bonds is 3. The molecule has 0 saturated heterocycles. The van der Waals surface area contributed by atoms with E-state index in [9.17, 15) is 4.79 Å². The molecule has 0 bridgehead atoms. The highest BCUT2D eigenvalue weighted by Crippen LogP contribution is 2.35. The fraction of sp³-hybridized carbons (Fsp3) is 0.133. The van der Waals surface area contributed by atoms with Crippen LogP contribution in [0.5, 0.6) is 0 Å². The molecular formula is C15H16ClN3O. The first-order valence-electron chi connectivity index (χ1n) is 6.09. The molecule has 0 saturated carbocycles. The average molecular weight is 290 g/mol. The van der Waals surface area contributed by atoms with E-state index in [1.807, 2.05) is 43.1 Å². The second-order valence-corrected chi connectivity index (χ2v) is 5.07. The van der Waals surface area contributed by atoms with E-state index in [4.69, 9.17) is 23.1 Å². The second-order valence-electron chi connectivity index (χ2n) is 4.66. The molecule has 0 atom stereocenters. The van der Waals surface area contributed by atoms with Crippen LogP contribution in [0.1, 0.15) is 15.9 Å². The molecule has 104 valence electrons. The molecule has 0 aliphatic heterocycles. The van der Waals surface area contributed by atoms with Gasteiger partial charge in [-0.05, 0) is 36.8 Å². The Balaban J connectivity index is 2.59. The van der Waals surface area contributed by atoms with Gasteiger partial charge in [-0.15, -0.1) is 0 Å². The molecule has 2 aromatic rings. The van der Waals surface area contributed by atoms with Gasteiger partial charge in [0.15, 0.2) is 0 Å². The number of carbonyl (C=O) groups excluding carboxylic acids is 1. The SMILES string of the molecule is Cc1cccc(N(C)c2c(Cl)cc(N)cc2C(N)=O)c1. The molecular weight excluding hydrogens is 274 g/mol. The molecule has 0 heterocycles. The Morgan fingerprint density at radius 1 is 1.25 bits per heavy atom. The first-order chi connectivity index (χ1) is 9.40. The number of nitrogens with two attached hydrogens (primary N) is 2. The molecule has 0 aliphatic carbocycles. The van der Waals surface area contributed by atoms with Gasteiger partial charge in [0.05, 0.1) is 16.3 Å². The first kappa shape index (κ1) is 14.2. The zero-order valence-corrected chi connectivity index (χ0v) is 12.1. The molecule has 5 heteroatoms. The number of carbonyl (C=O) groups is 1. The smallest absolute Gasteiger partial charge is 0.250 e. The van der Waals surface area contributed by atoms with Gasteiger partial charge in [-0.2, -0.15) is 0 Å². The van der Waals surface area contributed by atoms with E-state index in [1.165, 1.54) is 6.07 Å². The third-order valence-electron chi connectivity index (χ3n) is 3.08. The van der Waals surface area contributed by atoms with Crippen LogP contribution in [0, 0.1) is 6.92 Å². The Hall–Kier alpha value is -2.20. The summed E-state index contributed by atoms with van der Waals surface area (Å²) in [7, 11) is 1.83. The summed E-state index contributed by atoms with van der Waals surface area (Å²) < 4.78 is 0. The van der Waals surface area contributed by atoms with Crippen LogP contribution < -0.4 is 16.4 Å². The van der Waals surface area contributed by atoms with E-state index in [-0.39, 0.29) is 0 Å². The van der Waals surface area contributed by atoms with Crippen molar-refractivity contribution in [2.45, 2.75) is 6.92 Å². The Kier molecular flexibility index (Phi) is 3.86. The third-order valence-corrected chi connectivity index (χ3v) is 3.36. The standard InChI is InChI=1S/C15H16ClN3O/c1-9-4-3-5-11(6-9)19(2)14-12(15(18)20)7-10(17)8-13(14)16/h3-8H,17H2,1-2H3,(H2,18,20). The van der Waals surface area contributed by atoms with Crippen LogP contribution in [0.4, 0.5) is 17.1 Å². The number of benzene rings is 2. The number of hydrogen-bond acceptors (Lipinski definition) is 3. The number of hydrogen-bond donors (Lipinski definition) is 2. The minimum Gasteiger partial charge on any atom is -0.399 e. The predicted octanol–water partition coefficient (Wildman–Crippen LogP) is 3.10. The molecule has 0 unspecified atom stereocenters. The van der Waals surface area contributed by atoms with Crippen LogP contribution in [-0.4, -0.2) is 13.0 Å². The summed E-state index contributed by atoms with van der Waals surface area (Å²) in [4.78, 5) is 13.4. The maximum Gasteiger partial charge on any atom is 0.250 e. The van der Waals surface area contributed by atoms with Crippen LogP contribution >= 0.6 is 11.6 Å². The zero-order valence-electron chi connectivity index (χ0n) is 11.4. The van der Waals surface area contributed by atoms with Crippen molar-refractivity contribution < 1.29 is 4.79 Å². The highest BCUT2D eigenvalue weighted by Gasteiger charge is 2.18. The number of primary amides is 1. The van der Waals surface area contributed by atoms with Gasteiger partial charge in [-0.3, -0.25) is 4.79 Å². The lowest BCUT2D eigenvalue weighted by Crippen LogP contribution is -2.19. The van der Waals surface area contributed by atoms with Gasteiger partial charge in [-0.1, -0.05) is 23.7 Å². The number of amides is 1. The summed E-state index contributed by atoms with van der Waals surface area (Å²) in [6, 6.07) is 11.0. The first-order valence-corrected chi connectivity index (χ1v) is 6.47. The van der Waals surface area contributed by atoms with Crippen LogP contribution in [0.2, 0.25) is 5.02 Å². The van der Waals surface area contributed by atoms with Gasteiger partial charge < -0.3 is 16.4 Å². The quantitative estimate of drug-likeness (QED) is 0.853. The van der Waals surface area contributed by atoms with Gasteiger partial charge >= 0.3 is 0 Å². The summed E-state index contributed by atoms with van der Waals surface area (Å²) in [5.41, 5.74) is 14.4. The molecule has 1 amide bonds. The largest absolute Gasteiger partial charge is 0.399 e. The Labute approximate surface area is 122 Å². The van der Waals surface area contributed by atoms with Crippen molar-refractivity contribution in [1.82, 2.24) is 0 Å². The minimum atomic E-state index is -0.561. The van der Waals surface area contributed by atoms with Gasteiger partial charge in [0, 0.05) is 18.4 Å². The number of aryl methyl sites for hydroxylation is 1. The topological polar surface area (TPSA) is 72.3 Å². The maximum atomic E-state index is 11.6. The highest BCUT2D eigenvalue weighted by molar-refractivity contribution is 6.34. The Bertz CT molecular complexity index is 670. The predicted molar refractivity (Wildman–Crippen MR) is 83.6 cm³/mol. The van der Waals surface area contributed by atoms with Crippen molar-refractivity contribution in [2.75, 3.05) is 17.7 Å². The normalized spacial score (nSPS) is 10.3. The molecule has 0 aromatic heterocycles. The summed E-state index contributed by atoms with van der Waals surface area (Å²) in [5, 5.41) is 0.391. The average Bonchev–Trinajstić information content (AvgIpc) is 2.37. The van der Waals surface area contributed by atoms with Crippen LogP contribution in [0.25, 0.3) is 0 Å². The van der Waals surface area contributed by atoms with Gasteiger partial charge in [-0.25, -0.2) is 0 Å². The van der Waals surface area contributed by atoms with E-state index in [2.05, 4.69) is 0 Å². The molecule has 2 aromatic carbocycles. The summed E-state index contributed by atoms with van der Waals surface area (Å²) in [6.45, 7) is 2.00. The van der Waals surface area contributed by atoms with Gasteiger partial charge in [0.1, 0.15) is 0 Å². The van der Waals surface area contributed by atoms with Crippen molar-refractivity contribution in [1.29, 1.82) is 0 Å². The lowest BCUT2D eigenvalue weighted by atomic mass is 10.1. The number of nitrogens with zero attached hydrogens (tertiary/aromatic N) is 1. The lowest BCUT2D eigenvalue weighted by molar-refractivity contribution is 0.100. The number of nitrogen functional groups attached to an aromatic ring is 1. The van der Waals surface area contributed by atoms with Crippen LogP contribution in [0.3, 0.4) is 0 Å². The summed E-state index contributed by atoms with van der Waals surface area (Å²) in [6.07, 6.45) is 0. The number of anilines is 3. The molecule has 2 rings (SSSR count). The summed E-state index contributed by atoms with van der Waals surface area (Å²) >= 11 is 6.23. The monoisotopic (exact) mass is 289 g/mol. The second kappa shape index (κ2) is 5.43. The molecule has 0 fully saturated rings. The fourth-order valence-corrected chi connectivity index (χ4v) is 2.47. The maximum absolute atomic E-state index is 11.6. The van der Waals surface area contributed by atoms with E-state index in [0.29, 0.717) is 22.0 Å². The molecule has 0 radical (unpaired) electrons. The number of halogens is 1. The van der Waals surface area contributed by atoms with Crippen molar-refractivity contribution in [3.63, 3.8) is 0 Å². The van der Waals surface area contributed by atoms with Crippen LogP contribution in [0.15, 0.2) is 36.4 Å². The van der Waals surface area contributed by atoms with E-state index in [0.717, 1.165) is 11.3 Å². The molecule has 20 heavy (non-hydrogen) atoms. The summed E-state index contributed by atoms with van der Waals surface area (Å²) in [5.74, 6) is -0.561. The molecule has 0 spiro atoms. The Morgan fingerprint density at radius 3 is 2.55 bits per heavy atom. The van der Waals surface area contributed by atoms with Crippen molar-refractivity contribution in [3.05, 3.63) is 52.5 Å². The van der Waals surface area contributed by atoms with Crippen LogP contribution in [-0.2, 0) is 0 Å². The van der Waals surface area contributed by atoms with Gasteiger partial charge in [0.2, 0.25) is 0 Å². The van der Waals surface area contributed by atoms with E-state index < -0.39 is 5.91 Å². The minimum absolute atomic E-state index is 0.305. The lowest BCUT2D eigenvalue weighted by Gasteiger charge is -2.23. The van der Waals surface area contributed by atoms with Crippen molar-refractivity contribution in [3.8, 4) is 0 Å². The van der Waals surface area contributed by atoms with E-state index in [1.54, 1.807) is 6.07 Å².